The highest BCUT2D eigenvalue weighted by molar-refractivity contribution is 14.0. The normalized spacial score (nSPS) is 19.3. The van der Waals surface area contributed by atoms with Crippen LogP contribution in [0.3, 0.4) is 0 Å². The van der Waals surface area contributed by atoms with Crippen LogP contribution >= 0.6 is 24.0 Å². The molecule has 2 heterocycles. The molecule has 0 bridgehead atoms. The van der Waals surface area contributed by atoms with Gasteiger partial charge in [0.1, 0.15) is 0 Å². The number of ether oxygens (including phenoxy) is 1. The van der Waals surface area contributed by atoms with E-state index in [9.17, 15) is 0 Å². The number of hydrogen-bond donors (Lipinski definition) is 2. The molecule has 1 atom stereocenters. The molecule has 3 rings (SSSR count). The average molecular weight is 499 g/mol. The van der Waals surface area contributed by atoms with E-state index >= 15 is 0 Å². The second kappa shape index (κ2) is 10.8. The van der Waals surface area contributed by atoms with Crippen LogP contribution in [0, 0.1) is 0 Å². The quantitative estimate of drug-likeness (QED) is 0.345. The summed E-state index contributed by atoms with van der Waals surface area (Å²) < 4.78 is 11.2. The fraction of sp³-hybridized carbons (Fsp3) is 0.550. The van der Waals surface area contributed by atoms with E-state index < -0.39 is 0 Å². The van der Waals surface area contributed by atoms with Gasteiger partial charge in [-0.05, 0) is 43.9 Å². The topological polar surface area (TPSA) is 84.6 Å². The van der Waals surface area contributed by atoms with Crippen LogP contribution in [0.15, 0.2) is 33.8 Å². The first-order valence-electron chi connectivity index (χ1n) is 9.62. The molecule has 0 spiro atoms. The first-order chi connectivity index (χ1) is 13.1. The van der Waals surface area contributed by atoms with Gasteiger partial charge in [-0.15, -0.1) is 24.0 Å². The molecule has 154 valence electrons. The van der Waals surface area contributed by atoms with E-state index in [-0.39, 0.29) is 29.6 Å². The maximum absolute atomic E-state index is 5.81. The average Bonchev–Trinajstić information content (AvgIpc) is 3.32. The van der Waals surface area contributed by atoms with Crippen LogP contribution < -0.4 is 10.6 Å². The molecule has 1 aromatic heterocycles. The molecule has 1 fully saturated rings. The lowest BCUT2D eigenvalue weighted by atomic mass is 10.0. The van der Waals surface area contributed by atoms with Crippen LogP contribution in [0.5, 0.6) is 0 Å². The van der Waals surface area contributed by atoms with Gasteiger partial charge in [0.2, 0.25) is 0 Å². The number of aryl methyl sites for hydroxylation is 1. The van der Waals surface area contributed by atoms with E-state index in [0.29, 0.717) is 12.4 Å². The van der Waals surface area contributed by atoms with E-state index in [1.807, 2.05) is 12.1 Å². The molecule has 1 aromatic carbocycles. The third-order valence-electron chi connectivity index (χ3n) is 4.73. The molecule has 0 radical (unpaired) electrons. The molecule has 0 amide bonds. The van der Waals surface area contributed by atoms with E-state index in [1.165, 1.54) is 0 Å². The Labute approximate surface area is 183 Å². The molecule has 0 aliphatic carbocycles. The minimum Gasteiger partial charge on any atom is -0.373 e. The number of aromatic nitrogens is 2. The molecule has 7 nitrogen and oxygen atoms in total. The Morgan fingerprint density at radius 3 is 2.89 bits per heavy atom. The first-order valence-corrected chi connectivity index (χ1v) is 9.62. The molecule has 8 heteroatoms. The SMILES string of the molecule is CCCc1noc(-c2cccc(CNC(=NC)NCC3(C)CCCO3)c2)n1.I. The number of guanidine groups is 1. The Morgan fingerprint density at radius 2 is 2.18 bits per heavy atom. The summed E-state index contributed by atoms with van der Waals surface area (Å²) in [5.41, 5.74) is 1.94. The van der Waals surface area contributed by atoms with Gasteiger partial charge in [-0.3, -0.25) is 4.99 Å². The molecular formula is C20H30IN5O2. The second-order valence-electron chi connectivity index (χ2n) is 7.15. The zero-order valence-electron chi connectivity index (χ0n) is 16.8. The maximum atomic E-state index is 5.81. The van der Waals surface area contributed by atoms with E-state index in [4.69, 9.17) is 9.26 Å². The Balaban J connectivity index is 0.00000280. The van der Waals surface area contributed by atoms with Crippen molar-refractivity contribution >= 4 is 29.9 Å². The van der Waals surface area contributed by atoms with E-state index in [0.717, 1.165) is 61.7 Å². The van der Waals surface area contributed by atoms with Gasteiger partial charge >= 0.3 is 0 Å². The van der Waals surface area contributed by atoms with E-state index in [2.05, 4.69) is 51.7 Å². The number of halogens is 1. The number of aliphatic imine (C=N–C) groups is 1. The van der Waals surface area contributed by atoms with Crippen LogP contribution in [0.25, 0.3) is 11.5 Å². The molecule has 0 saturated carbocycles. The predicted octanol–water partition coefficient (Wildman–Crippen LogP) is 3.54. The molecular weight excluding hydrogens is 469 g/mol. The van der Waals surface area contributed by atoms with Crippen molar-refractivity contribution in [3.05, 3.63) is 35.7 Å². The second-order valence-corrected chi connectivity index (χ2v) is 7.15. The minimum atomic E-state index is -0.105. The zero-order valence-corrected chi connectivity index (χ0v) is 19.2. The van der Waals surface area contributed by atoms with Crippen LogP contribution in [0.2, 0.25) is 0 Å². The Hall–Kier alpha value is -1.68. The van der Waals surface area contributed by atoms with Crippen LogP contribution in [-0.4, -0.2) is 41.9 Å². The number of benzene rings is 1. The van der Waals surface area contributed by atoms with Gasteiger partial charge in [0, 0.05) is 38.7 Å². The van der Waals surface area contributed by atoms with Crippen molar-refractivity contribution in [2.45, 2.75) is 51.7 Å². The summed E-state index contributed by atoms with van der Waals surface area (Å²) in [6.07, 6.45) is 4.02. The number of hydrogen-bond acceptors (Lipinski definition) is 5. The molecule has 1 aliphatic rings. The third kappa shape index (κ3) is 6.16. The standard InChI is InChI=1S/C20H29N5O2.HI/c1-4-7-17-24-18(27-25-17)16-9-5-8-15(12-16)13-22-19(21-3)23-14-20(2)10-6-11-26-20;/h5,8-9,12H,4,6-7,10-11,13-14H2,1-3H3,(H2,21,22,23);1H. The van der Waals surface area contributed by atoms with Crippen molar-refractivity contribution in [1.29, 1.82) is 0 Å². The summed E-state index contributed by atoms with van der Waals surface area (Å²) in [4.78, 5) is 8.75. The predicted molar refractivity (Wildman–Crippen MR) is 121 cm³/mol. The molecule has 1 unspecified atom stereocenters. The largest absolute Gasteiger partial charge is 0.373 e. The summed E-state index contributed by atoms with van der Waals surface area (Å²) in [7, 11) is 1.78. The van der Waals surface area contributed by atoms with Gasteiger partial charge in [0.05, 0.1) is 5.60 Å². The van der Waals surface area contributed by atoms with Crippen molar-refractivity contribution in [1.82, 2.24) is 20.8 Å². The van der Waals surface area contributed by atoms with Crippen LogP contribution in [0.4, 0.5) is 0 Å². The first kappa shape index (κ1) is 22.6. The lowest BCUT2D eigenvalue weighted by Gasteiger charge is -2.24. The summed E-state index contributed by atoms with van der Waals surface area (Å²) in [5, 5.41) is 10.7. The van der Waals surface area contributed by atoms with E-state index in [1.54, 1.807) is 7.05 Å². The highest BCUT2D eigenvalue weighted by Gasteiger charge is 2.29. The lowest BCUT2D eigenvalue weighted by molar-refractivity contribution is 0.0243. The Morgan fingerprint density at radius 1 is 1.32 bits per heavy atom. The van der Waals surface area contributed by atoms with Gasteiger partial charge < -0.3 is 19.9 Å². The van der Waals surface area contributed by atoms with Gasteiger partial charge in [0.25, 0.3) is 5.89 Å². The molecule has 1 aliphatic heterocycles. The Kier molecular flexibility index (Phi) is 8.68. The molecule has 2 aromatic rings. The summed E-state index contributed by atoms with van der Waals surface area (Å²) in [6.45, 7) is 6.48. The monoisotopic (exact) mass is 499 g/mol. The maximum Gasteiger partial charge on any atom is 0.257 e. The minimum absolute atomic E-state index is 0. The van der Waals surface area contributed by atoms with Crippen molar-refractivity contribution in [2.75, 3.05) is 20.2 Å². The molecule has 2 N–H and O–H groups in total. The van der Waals surface area contributed by atoms with Gasteiger partial charge in [-0.1, -0.05) is 24.2 Å². The van der Waals surface area contributed by atoms with Crippen LogP contribution in [-0.2, 0) is 17.7 Å². The summed E-state index contributed by atoms with van der Waals surface area (Å²) >= 11 is 0. The summed E-state index contributed by atoms with van der Waals surface area (Å²) in [6, 6.07) is 8.11. The van der Waals surface area contributed by atoms with Crippen LogP contribution in [0.1, 0.15) is 44.5 Å². The van der Waals surface area contributed by atoms with Crippen molar-refractivity contribution in [3.63, 3.8) is 0 Å². The Bertz CT molecular complexity index is 771. The van der Waals surface area contributed by atoms with Gasteiger partial charge in [-0.2, -0.15) is 4.98 Å². The number of nitrogens with zero attached hydrogens (tertiary/aromatic N) is 3. The zero-order chi connectivity index (χ0) is 19.1. The van der Waals surface area contributed by atoms with Gasteiger partial charge in [-0.25, -0.2) is 0 Å². The third-order valence-corrected chi connectivity index (χ3v) is 4.73. The highest BCUT2D eigenvalue weighted by atomic mass is 127. The fourth-order valence-corrected chi connectivity index (χ4v) is 3.16. The molecule has 1 saturated heterocycles. The van der Waals surface area contributed by atoms with Crippen molar-refractivity contribution < 1.29 is 9.26 Å². The fourth-order valence-electron chi connectivity index (χ4n) is 3.16. The smallest absolute Gasteiger partial charge is 0.257 e. The lowest BCUT2D eigenvalue weighted by Crippen LogP contribution is -2.45. The van der Waals surface area contributed by atoms with Crippen molar-refractivity contribution in [3.8, 4) is 11.5 Å². The van der Waals surface area contributed by atoms with Gasteiger partial charge in [0.15, 0.2) is 11.8 Å². The summed E-state index contributed by atoms with van der Waals surface area (Å²) in [5.74, 6) is 2.08. The highest BCUT2D eigenvalue weighted by Crippen LogP contribution is 2.23. The molecule has 28 heavy (non-hydrogen) atoms. The number of rotatable bonds is 7. The number of nitrogens with one attached hydrogen (secondary N) is 2. The van der Waals surface area contributed by atoms with Crippen molar-refractivity contribution in [2.24, 2.45) is 4.99 Å².